The summed E-state index contributed by atoms with van der Waals surface area (Å²) in [6, 6.07) is 6.76. The maximum Gasteiger partial charge on any atom is 0.0462 e. The van der Waals surface area contributed by atoms with Gasteiger partial charge in [-0.15, -0.1) is 0 Å². The van der Waals surface area contributed by atoms with Crippen LogP contribution in [0.3, 0.4) is 0 Å². The van der Waals surface area contributed by atoms with Gasteiger partial charge in [0.2, 0.25) is 0 Å². The van der Waals surface area contributed by atoms with Gasteiger partial charge in [0, 0.05) is 29.7 Å². The van der Waals surface area contributed by atoms with Gasteiger partial charge in [0.05, 0.1) is 0 Å². The molecular formula is C18H29N3. The van der Waals surface area contributed by atoms with E-state index >= 15 is 0 Å². The first-order valence-electron chi connectivity index (χ1n) is 8.32. The Morgan fingerprint density at radius 2 is 2.10 bits per heavy atom. The molecule has 21 heavy (non-hydrogen) atoms. The molecule has 1 atom stereocenters. The zero-order chi connectivity index (χ0) is 15.2. The summed E-state index contributed by atoms with van der Waals surface area (Å²) in [6.07, 6.45) is 1.20. The average Bonchev–Trinajstić information content (AvgIpc) is 2.87. The van der Waals surface area contributed by atoms with E-state index in [9.17, 15) is 0 Å². The Balaban J connectivity index is 0.000000774. The van der Waals surface area contributed by atoms with Gasteiger partial charge in [0.1, 0.15) is 0 Å². The van der Waals surface area contributed by atoms with Crippen molar-refractivity contribution in [2.45, 2.75) is 46.6 Å². The van der Waals surface area contributed by atoms with Crippen LogP contribution in [0.25, 0.3) is 10.9 Å². The lowest BCUT2D eigenvalue weighted by atomic mass is 9.90. The Morgan fingerprint density at radius 1 is 1.29 bits per heavy atom. The highest BCUT2D eigenvalue weighted by molar-refractivity contribution is 5.86. The number of nitrogens with one attached hydrogen (secondary N) is 3. The maximum atomic E-state index is 3.59. The number of fused-ring (bicyclic) bond motifs is 3. The second-order valence-electron chi connectivity index (χ2n) is 5.54. The number of aryl methyl sites for hydroxylation is 1. The average molecular weight is 287 g/mol. The number of hydrogen-bond acceptors (Lipinski definition) is 2. The number of aromatic nitrogens is 1. The molecule has 0 saturated heterocycles. The van der Waals surface area contributed by atoms with Crippen LogP contribution >= 0.6 is 0 Å². The fourth-order valence-corrected chi connectivity index (χ4v) is 3.17. The minimum Gasteiger partial charge on any atom is -0.357 e. The van der Waals surface area contributed by atoms with Gasteiger partial charge in [0.15, 0.2) is 0 Å². The first kappa shape index (κ1) is 16.1. The molecule has 1 aromatic carbocycles. The lowest BCUT2D eigenvalue weighted by Gasteiger charge is -2.24. The Kier molecular flexibility index (Phi) is 5.83. The molecule has 0 fully saturated rings. The van der Waals surface area contributed by atoms with E-state index in [1.54, 1.807) is 5.56 Å². The maximum absolute atomic E-state index is 3.59. The summed E-state index contributed by atoms with van der Waals surface area (Å²) >= 11 is 0. The molecule has 1 aliphatic rings. The van der Waals surface area contributed by atoms with Gasteiger partial charge < -0.3 is 15.6 Å². The summed E-state index contributed by atoms with van der Waals surface area (Å²) in [5.74, 6) is 0.624. The molecule has 0 saturated carbocycles. The van der Waals surface area contributed by atoms with Crippen LogP contribution in [0.5, 0.6) is 0 Å². The van der Waals surface area contributed by atoms with Crippen LogP contribution in [0.1, 0.15) is 49.9 Å². The molecule has 2 heterocycles. The quantitative estimate of drug-likeness (QED) is 0.751. The minimum atomic E-state index is 0.624. The largest absolute Gasteiger partial charge is 0.357 e. The molecule has 3 rings (SSSR count). The van der Waals surface area contributed by atoms with Crippen LogP contribution in [0, 0.1) is 6.92 Å². The third-order valence-corrected chi connectivity index (χ3v) is 4.10. The normalized spacial score (nSPS) is 17.2. The lowest BCUT2D eigenvalue weighted by Crippen LogP contribution is -2.30. The van der Waals surface area contributed by atoms with E-state index in [0.717, 1.165) is 26.2 Å². The third kappa shape index (κ3) is 3.47. The smallest absolute Gasteiger partial charge is 0.0462 e. The Bertz CT molecular complexity index is 571. The van der Waals surface area contributed by atoms with E-state index in [-0.39, 0.29) is 0 Å². The molecule has 0 aliphatic carbocycles. The van der Waals surface area contributed by atoms with Crippen molar-refractivity contribution in [1.29, 1.82) is 0 Å². The van der Waals surface area contributed by atoms with Crippen LogP contribution < -0.4 is 10.6 Å². The second kappa shape index (κ2) is 7.62. The summed E-state index contributed by atoms with van der Waals surface area (Å²) < 4.78 is 0. The molecule has 3 N–H and O–H groups in total. The van der Waals surface area contributed by atoms with Crippen molar-refractivity contribution in [2.75, 3.05) is 19.6 Å². The molecule has 0 amide bonds. The SMILES string of the molecule is CC.CCNCCC1CNCc2[nH]c3cc(C)ccc3c21. The summed E-state index contributed by atoms with van der Waals surface area (Å²) in [5, 5.41) is 8.39. The molecule has 3 nitrogen and oxygen atoms in total. The van der Waals surface area contributed by atoms with Crippen LogP contribution in [-0.2, 0) is 6.54 Å². The number of aromatic amines is 1. The van der Waals surface area contributed by atoms with Gasteiger partial charge >= 0.3 is 0 Å². The molecule has 2 aromatic rings. The number of rotatable bonds is 4. The van der Waals surface area contributed by atoms with Crippen LogP contribution in [0.15, 0.2) is 18.2 Å². The first-order chi connectivity index (χ1) is 10.3. The molecule has 1 unspecified atom stereocenters. The van der Waals surface area contributed by atoms with Gasteiger partial charge in [-0.1, -0.05) is 32.9 Å². The number of benzene rings is 1. The number of H-pyrrole nitrogens is 1. The zero-order valence-electron chi connectivity index (χ0n) is 13.8. The molecule has 3 heteroatoms. The molecule has 0 bridgehead atoms. The van der Waals surface area contributed by atoms with Crippen LogP contribution in [0.2, 0.25) is 0 Å². The van der Waals surface area contributed by atoms with Crippen LogP contribution in [0.4, 0.5) is 0 Å². The fourth-order valence-electron chi connectivity index (χ4n) is 3.17. The Hall–Kier alpha value is -1.32. The Morgan fingerprint density at radius 3 is 2.86 bits per heavy atom. The number of hydrogen-bond donors (Lipinski definition) is 3. The Labute approximate surface area is 128 Å². The second-order valence-corrected chi connectivity index (χ2v) is 5.54. The van der Waals surface area contributed by atoms with Gasteiger partial charge in [-0.3, -0.25) is 0 Å². The van der Waals surface area contributed by atoms with Crippen LogP contribution in [-0.4, -0.2) is 24.6 Å². The minimum absolute atomic E-state index is 0.624. The molecule has 116 valence electrons. The molecule has 1 aliphatic heterocycles. The van der Waals surface area contributed by atoms with E-state index in [2.05, 4.69) is 47.7 Å². The summed E-state index contributed by atoms with van der Waals surface area (Å²) in [5.41, 5.74) is 5.55. The highest BCUT2D eigenvalue weighted by Gasteiger charge is 2.23. The van der Waals surface area contributed by atoms with E-state index in [1.165, 1.54) is 28.6 Å². The van der Waals surface area contributed by atoms with Crippen molar-refractivity contribution in [2.24, 2.45) is 0 Å². The summed E-state index contributed by atoms with van der Waals surface area (Å²) in [7, 11) is 0. The van der Waals surface area contributed by atoms with Gasteiger partial charge in [-0.2, -0.15) is 0 Å². The van der Waals surface area contributed by atoms with E-state index in [0.29, 0.717) is 5.92 Å². The standard InChI is InChI=1S/C16H23N3.C2H6/c1-3-17-7-6-12-9-18-10-15-16(12)13-5-4-11(2)8-14(13)19-15;1-2/h4-5,8,12,17-19H,3,6-7,9-10H2,1-2H3;1-2H3. The predicted octanol–water partition coefficient (Wildman–Crippen LogP) is 3.69. The first-order valence-corrected chi connectivity index (χ1v) is 8.32. The fraction of sp³-hybridized carbons (Fsp3) is 0.556. The molecule has 0 spiro atoms. The lowest BCUT2D eigenvalue weighted by molar-refractivity contribution is 0.498. The van der Waals surface area contributed by atoms with Crippen molar-refractivity contribution in [3.8, 4) is 0 Å². The van der Waals surface area contributed by atoms with Crippen molar-refractivity contribution in [3.63, 3.8) is 0 Å². The van der Waals surface area contributed by atoms with Gasteiger partial charge in [-0.05, 0) is 49.5 Å². The zero-order valence-corrected chi connectivity index (χ0v) is 13.8. The van der Waals surface area contributed by atoms with E-state index in [4.69, 9.17) is 0 Å². The molecule has 0 radical (unpaired) electrons. The van der Waals surface area contributed by atoms with Gasteiger partial charge in [-0.25, -0.2) is 0 Å². The van der Waals surface area contributed by atoms with Crippen molar-refractivity contribution < 1.29 is 0 Å². The van der Waals surface area contributed by atoms with Gasteiger partial charge in [0.25, 0.3) is 0 Å². The summed E-state index contributed by atoms with van der Waals surface area (Å²) in [6.45, 7) is 12.5. The molecular weight excluding hydrogens is 258 g/mol. The van der Waals surface area contributed by atoms with E-state index < -0.39 is 0 Å². The topological polar surface area (TPSA) is 39.8 Å². The predicted molar refractivity (Wildman–Crippen MR) is 92.0 cm³/mol. The highest BCUT2D eigenvalue weighted by Crippen LogP contribution is 2.33. The van der Waals surface area contributed by atoms with Crippen molar-refractivity contribution in [3.05, 3.63) is 35.0 Å². The monoisotopic (exact) mass is 287 g/mol. The summed E-state index contributed by atoms with van der Waals surface area (Å²) in [4.78, 5) is 3.59. The third-order valence-electron chi connectivity index (χ3n) is 4.10. The van der Waals surface area contributed by atoms with E-state index in [1.807, 2.05) is 13.8 Å². The van der Waals surface area contributed by atoms with Crippen molar-refractivity contribution >= 4 is 10.9 Å². The van der Waals surface area contributed by atoms with Crippen molar-refractivity contribution in [1.82, 2.24) is 15.6 Å². The highest BCUT2D eigenvalue weighted by atomic mass is 14.9. The molecule has 1 aromatic heterocycles.